The Morgan fingerprint density at radius 2 is 2.05 bits per heavy atom. The lowest BCUT2D eigenvalue weighted by molar-refractivity contribution is 0.0650. The van der Waals surface area contributed by atoms with Gasteiger partial charge in [-0.25, -0.2) is 4.39 Å². The van der Waals surface area contributed by atoms with Gasteiger partial charge in [-0.3, -0.25) is 4.79 Å². The van der Waals surface area contributed by atoms with E-state index in [4.69, 9.17) is 0 Å². The fourth-order valence-electron chi connectivity index (χ4n) is 2.91. The van der Waals surface area contributed by atoms with Crippen LogP contribution in [0.4, 0.5) is 4.39 Å². The number of alkyl halides is 1. The van der Waals surface area contributed by atoms with Crippen LogP contribution in [0.1, 0.15) is 48.0 Å². The molecule has 2 rings (SSSR count). The number of carbonyl (C=O) groups is 1. The summed E-state index contributed by atoms with van der Waals surface area (Å²) >= 11 is 3.42. The average Bonchev–Trinajstić information content (AvgIpc) is 2.47. The first kappa shape index (κ1) is 15.5. The fourth-order valence-corrected chi connectivity index (χ4v) is 3.30. The van der Waals surface area contributed by atoms with Crippen LogP contribution in [0.15, 0.2) is 18.2 Å². The zero-order chi connectivity index (χ0) is 14.5. The maximum Gasteiger partial charge on any atom is 0.254 e. The fraction of sp³-hybridized carbons (Fsp3) is 0.562. The molecule has 1 fully saturated rings. The molecule has 1 amide bonds. The van der Waals surface area contributed by atoms with Crippen molar-refractivity contribution < 1.29 is 9.18 Å². The summed E-state index contributed by atoms with van der Waals surface area (Å²) in [4.78, 5) is 14.7. The first-order chi connectivity index (χ1) is 9.63. The smallest absolute Gasteiger partial charge is 0.254 e. The second kappa shape index (κ2) is 7.21. The van der Waals surface area contributed by atoms with Gasteiger partial charge in [-0.1, -0.05) is 41.3 Å². The number of halogens is 2. The van der Waals surface area contributed by atoms with E-state index in [2.05, 4.69) is 15.9 Å². The van der Waals surface area contributed by atoms with Gasteiger partial charge in [0, 0.05) is 23.5 Å². The SMILES string of the molecule is Cc1ccc(F)cc1C(=O)N(CCBr)C1CCCCC1. The number of hydrogen-bond acceptors (Lipinski definition) is 1. The summed E-state index contributed by atoms with van der Waals surface area (Å²) in [7, 11) is 0. The monoisotopic (exact) mass is 341 g/mol. The molecular formula is C16H21BrFNO. The van der Waals surface area contributed by atoms with E-state index in [-0.39, 0.29) is 11.7 Å². The molecule has 0 bridgehead atoms. The second-order valence-electron chi connectivity index (χ2n) is 5.44. The molecule has 1 aliphatic rings. The van der Waals surface area contributed by atoms with Gasteiger partial charge < -0.3 is 4.90 Å². The van der Waals surface area contributed by atoms with Crippen LogP contribution >= 0.6 is 15.9 Å². The van der Waals surface area contributed by atoms with E-state index in [0.717, 1.165) is 23.7 Å². The van der Waals surface area contributed by atoms with Crippen LogP contribution in [0.3, 0.4) is 0 Å². The molecule has 0 saturated heterocycles. The maximum atomic E-state index is 13.4. The Kier molecular flexibility index (Phi) is 5.58. The maximum absolute atomic E-state index is 13.4. The predicted molar refractivity (Wildman–Crippen MR) is 82.8 cm³/mol. The summed E-state index contributed by atoms with van der Waals surface area (Å²) in [6.45, 7) is 2.54. The largest absolute Gasteiger partial charge is 0.335 e. The number of amides is 1. The van der Waals surface area contributed by atoms with Crippen molar-refractivity contribution in [2.45, 2.75) is 45.1 Å². The Morgan fingerprint density at radius 1 is 1.35 bits per heavy atom. The first-order valence-electron chi connectivity index (χ1n) is 7.26. The predicted octanol–water partition coefficient (Wildman–Crippen LogP) is 4.30. The molecule has 0 heterocycles. The molecule has 0 aliphatic heterocycles. The van der Waals surface area contributed by atoms with Gasteiger partial charge in [0.2, 0.25) is 0 Å². The number of rotatable bonds is 4. The van der Waals surface area contributed by atoms with E-state index in [1.54, 1.807) is 6.07 Å². The molecule has 0 N–H and O–H groups in total. The van der Waals surface area contributed by atoms with E-state index in [9.17, 15) is 9.18 Å². The third kappa shape index (κ3) is 3.60. The van der Waals surface area contributed by atoms with Gasteiger partial charge in [-0.15, -0.1) is 0 Å². The molecule has 1 aromatic carbocycles. The standard InChI is InChI=1S/C16H21BrFNO/c1-12-7-8-13(18)11-15(12)16(20)19(10-9-17)14-5-3-2-4-6-14/h7-8,11,14H,2-6,9-10H2,1H3. The highest BCUT2D eigenvalue weighted by atomic mass is 79.9. The van der Waals surface area contributed by atoms with E-state index in [0.29, 0.717) is 18.2 Å². The summed E-state index contributed by atoms with van der Waals surface area (Å²) in [6.07, 6.45) is 5.74. The van der Waals surface area contributed by atoms with Crippen molar-refractivity contribution in [3.8, 4) is 0 Å². The molecule has 1 aromatic rings. The third-order valence-corrected chi connectivity index (χ3v) is 4.39. The highest BCUT2D eigenvalue weighted by Gasteiger charge is 2.26. The Bertz CT molecular complexity index is 472. The average molecular weight is 342 g/mol. The zero-order valence-electron chi connectivity index (χ0n) is 11.9. The minimum atomic E-state index is -0.346. The number of aryl methyl sites for hydroxylation is 1. The van der Waals surface area contributed by atoms with E-state index >= 15 is 0 Å². The highest BCUT2D eigenvalue weighted by Crippen LogP contribution is 2.25. The second-order valence-corrected chi connectivity index (χ2v) is 6.23. The lowest BCUT2D eigenvalue weighted by atomic mass is 9.93. The van der Waals surface area contributed by atoms with Crippen LogP contribution in [0.25, 0.3) is 0 Å². The molecule has 0 radical (unpaired) electrons. The highest BCUT2D eigenvalue weighted by molar-refractivity contribution is 9.09. The molecule has 110 valence electrons. The minimum Gasteiger partial charge on any atom is -0.335 e. The van der Waals surface area contributed by atoms with Gasteiger partial charge in [-0.05, 0) is 37.5 Å². The molecule has 4 heteroatoms. The van der Waals surface area contributed by atoms with Crippen molar-refractivity contribution in [1.29, 1.82) is 0 Å². The Morgan fingerprint density at radius 3 is 2.70 bits per heavy atom. The van der Waals surface area contributed by atoms with Gasteiger partial charge in [0.1, 0.15) is 5.82 Å². The van der Waals surface area contributed by atoms with E-state index < -0.39 is 0 Å². The molecule has 20 heavy (non-hydrogen) atoms. The topological polar surface area (TPSA) is 20.3 Å². The molecule has 1 aliphatic carbocycles. The molecule has 0 aromatic heterocycles. The summed E-state index contributed by atoms with van der Waals surface area (Å²) < 4.78 is 13.4. The summed E-state index contributed by atoms with van der Waals surface area (Å²) in [5.41, 5.74) is 1.34. The third-order valence-electron chi connectivity index (χ3n) is 4.03. The van der Waals surface area contributed by atoms with Crippen LogP contribution in [0.5, 0.6) is 0 Å². The quantitative estimate of drug-likeness (QED) is 0.747. The van der Waals surface area contributed by atoms with Crippen molar-refractivity contribution in [3.05, 3.63) is 35.1 Å². The van der Waals surface area contributed by atoms with Crippen molar-refractivity contribution in [2.24, 2.45) is 0 Å². The molecule has 0 unspecified atom stereocenters. The van der Waals surface area contributed by atoms with Crippen LogP contribution in [-0.2, 0) is 0 Å². The zero-order valence-corrected chi connectivity index (χ0v) is 13.5. The lowest BCUT2D eigenvalue weighted by Crippen LogP contribution is -2.42. The van der Waals surface area contributed by atoms with Gasteiger partial charge >= 0.3 is 0 Å². The van der Waals surface area contributed by atoms with Crippen LogP contribution in [0.2, 0.25) is 0 Å². The van der Waals surface area contributed by atoms with E-state index in [1.807, 2.05) is 11.8 Å². The molecule has 2 nitrogen and oxygen atoms in total. The van der Waals surface area contributed by atoms with Crippen molar-refractivity contribution >= 4 is 21.8 Å². The first-order valence-corrected chi connectivity index (χ1v) is 8.38. The lowest BCUT2D eigenvalue weighted by Gasteiger charge is -2.34. The molecule has 0 atom stereocenters. The normalized spacial score (nSPS) is 16.1. The summed E-state index contributed by atoms with van der Waals surface area (Å²) in [6, 6.07) is 4.75. The molecule has 1 saturated carbocycles. The summed E-state index contributed by atoms with van der Waals surface area (Å²) in [5.74, 6) is -0.380. The Balaban J connectivity index is 2.23. The van der Waals surface area contributed by atoms with Crippen molar-refractivity contribution in [3.63, 3.8) is 0 Å². The number of carbonyl (C=O) groups excluding carboxylic acids is 1. The van der Waals surface area contributed by atoms with Gasteiger partial charge in [0.05, 0.1) is 0 Å². The minimum absolute atomic E-state index is 0.0339. The number of nitrogens with zero attached hydrogens (tertiary/aromatic N) is 1. The van der Waals surface area contributed by atoms with Crippen LogP contribution < -0.4 is 0 Å². The molecular weight excluding hydrogens is 321 g/mol. The van der Waals surface area contributed by atoms with Crippen LogP contribution in [-0.4, -0.2) is 28.7 Å². The van der Waals surface area contributed by atoms with Crippen LogP contribution in [0, 0.1) is 12.7 Å². The Hall–Kier alpha value is -0.900. The number of hydrogen-bond donors (Lipinski definition) is 0. The Labute approximate surface area is 128 Å². The van der Waals surface area contributed by atoms with Crippen molar-refractivity contribution in [1.82, 2.24) is 4.90 Å². The van der Waals surface area contributed by atoms with Gasteiger partial charge in [-0.2, -0.15) is 0 Å². The summed E-state index contributed by atoms with van der Waals surface area (Å²) in [5, 5.41) is 0.754. The van der Waals surface area contributed by atoms with Gasteiger partial charge in [0.25, 0.3) is 5.91 Å². The van der Waals surface area contributed by atoms with Crippen molar-refractivity contribution in [2.75, 3.05) is 11.9 Å². The van der Waals surface area contributed by atoms with E-state index in [1.165, 1.54) is 31.4 Å². The number of benzene rings is 1. The van der Waals surface area contributed by atoms with Gasteiger partial charge in [0.15, 0.2) is 0 Å². The molecule has 0 spiro atoms.